The Morgan fingerprint density at radius 2 is 1.68 bits per heavy atom. The zero-order valence-electron chi connectivity index (χ0n) is 28.1. The number of pyridine rings is 1. The second kappa shape index (κ2) is 12.7. The highest BCUT2D eigenvalue weighted by Gasteiger charge is 2.33. The molecule has 11 nitrogen and oxygen atoms in total. The van der Waals surface area contributed by atoms with E-state index in [4.69, 9.17) is 4.74 Å². The molecule has 248 valence electrons. The first-order valence-corrected chi connectivity index (χ1v) is 16.5. The number of ether oxygens (including phenoxy) is 1. The summed E-state index contributed by atoms with van der Waals surface area (Å²) < 4.78 is 8.52. The molecule has 0 saturated heterocycles. The summed E-state index contributed by atoms with van der Waals surface area (Å²) in [4.78, 5) is 35.6. The van der Waals surface area contributed by atoms with Crippen molar-refractivity contribution in [3.05, 3.63) is 77.1 Å². The van der Waals surface area contributed by atoms with Crippen molar-refractivity contribution in [3.63, 3.8) is 0 Å². The van der Waals surface area contributed by atoms with Crippen molar-refractivity contribution in [2.24, 2.45) is 11.8 Å². The number of aromatic nitrogens is 5. The van der Waals surface area contributed by atoms with Crippen LogP contribution < -0.4 is 15.4 Å². The van der Waals surface area contributed by atoms with Gasteiger partial charge >= 0.3 is 6.03 Å². The molecule has 0 radical (unpaired) electrons. The van der Waals surface area contributed by atoms with Crippen molar-refractivity contribution in [2.75, 3.05) is 11.9 Å². The van der Waals surface area contributed by atoms with Crippen LogP contribution in [0.2, 0.25) is 0 Å². The Bertz CT molecular complexity index is 1780. The number of fused-ring (bicyclic) bond motifs is 2. The number of hydrogen-bond donors (Lipinski definition) is 3. The van der Waals surface area contributed by atoms with E-state index in [2.05, 4.69) is 51.6 Å². The summed E-state index contributed by atoms with van der Waals surface area (Å²) in [6.07, 6.45) is 5.13. The summed E-state index contributed by atoms with van der Waals surface area (Å²) in [5.41, 5.74) is 2.94. The van der Waals surface area contributed by atoms with Gasteiger partial charge in [-0.15, -0.1) is 10.2 Å². The first kappa shape index (κ1) is 32.6. The summed E-state index contributed by atoms with van der Waals surface area (Å²) in [6, 6.07) is 13.0. The molecule has 2 amide bonds. The number of urea groups is 1. The number of aliphatic hydroxyl groups is 1. The van der Waals surface area contributed by atoms with Gasteiger partial charge in [-0.1, -0.05) is 65.8 Å². The summed E-state index contributed by atoms with van der Waals surface area (Å²) in [6.45, 7) is 12.5. The Balaban J connectivity index is 1.16. The van der Waals surface area contributed by atoms with Gasteiger partial charge in [-0.3, -0.25) is 14.5 Å². The number of carbonyl (C=O) groups excluding carboxylic acids is 2. The number of anilines is 1. The van der Waals surface area contributed by atoms with E-state index >= 15 is 0 Å². The van der Waals surface area contributed by atoms with Gasteiger partial charge in [-0.25, -0.2) is 14.8 Å². The lowest BCUT2D eigenvalue weighted by Crippen LogP contribution is -2.36. The Morgan fingerprint density at radius 3 is 2.38 bits per heavy atom. The molecule has 2 aliphatic rings. The molecule has 3 N–H and O–H groups in total. The van der Waals surface area contributed by atoms with Gasteiger partial charge in [0.25, 0.3) is 0 Å². The molecule has 0 aliphatic heterocycles. The third-order valence-corrected chi connectivity index (χ3v) is 9.12. The van der Waals surface area contributed by atoms with E-state index in [0.29, 0.717) is 25.0 Å². The van der Waals surface area contributed by atoms with Crippen LogP contribution in [0.3, 0.4) is 0 Å². The predicted octanol–water partition coefficient (Wildman–Crippen LogP) is 6.48. The summed E-state index contributed by atoms with van der Waals surface area (Å²) >= 11 is 0. The molecular formula is C36H45N7O4. The maximum absolute atomic E-state index is 13.4. The molecule has 3 heterocycles. The molecule has 4 aromatic rings. The highest BCUT2D eigenvalue weighted by Crippen LogP contribution is 2.39. The summed E-state index contributed by atoms with van der Waals surface area (Å²) in [5.74, 6) is 2.34. The Morgan fingerprint density at radius 1 is 0.936 bits per heavy atom. The molecule has 11 heteroatoms. The average Bonchev–Trinajstić information content (AvgIpc) is 3.43. The van der Waals surface area contributed by atoms with Crippen molar-refractivity contribution < 1.29 is 19.4 Å². The molecule has 0 spiro atoms. The van der Waals surface area contributed by atoms with Crippen molar-refractivity contribution in [1.29, 1.82) is 0 Å². The minimum Gasteiger partial charge on any atom is -0.484 e. The number of carbonyl (C=O) groups is 2. The normalized spacial score (nSPS) is 21.1. The fraction of sp³-hybridized carbons (Fsp3) is 0.500. The lowest BCUT2D eigenvalue weighted by atomic mass is 9.73. The number of benzene rings is 1. The van der Waals surface area contributed by atoms with Gasteiger partial charge in [0.1, 0.15) is 23.5 Å². The van der Waals surface area contributed by atoms with Gasteiger partial charge < -0.3 is 15.2 Å². The highest BCUT2D eigenvalue weighted by atomic mass is 16.5. The van der Waals surface area contributed by atoms with E-state index in [1.807, 2.05) is 67.8 Å². The molecule has 1 aromatic carbocycles. The van der Waals surface area contributed by atoms with E-state index in [-0.39, 0.29) is 58.8 Å². The zero-order valence-corrected chi connectivity index (χ0v) is 28.1. The molecule has 3 aromatic heterocycles. The largest absolute Gasteiger partial charge is 0.484 e. The molecule has 2 aliphatic carbocycles. The third-order valence-electron chi connectivity index (χ3n) is 9.12. The molecule has 0 unspecified atom stereocenters. The van der Waals surface area contributed by atoms with Crippen molar-refractivity contribution >= 4 is 23.3 Å². The number of hydrogen-bond acceptors (Lipinski definition) is 8. The second-order valence-corrected chi connectivity index (χ2v) is 15.1. The van der Waals surface area contributed by atoms with Crippen LogP contribution in [0.25, 0.3) is 5.65 Å². The van der Waals surface area contributed by atoms with Crippen LogP contribution in [-0.2, 0) is 10.8 Å². The van der Waals surface area contributed by atoms with Crippen LogP contribution in [0.4, 0.5) is 10.6 Å². The van der Waals surface area contributed by atoms with Crippen molar-refractivity contribution in [3.8, 4) is 5.75 Å². The molecule has 0 bridgehead atoms. The number of rotatable bonds is 8. The van der Waals surface area contributed by atoms with Crippen molar-refractivity contribution in [2.45, 2.75) is 96.6 Å². The SMILES string of the molecule is CC(C)(C)c1cc(NC(=O)N[C@H]2CC[C@@H](Oc3ccc4nnc(C(C)(C)C)n4c3)c3ccccc32)nc(C(=O)CC2CC(CO)C2)n1. The second-order valence-electron chi connectivity index (χ2n) is 15.1. The van der Waals surface area contributed by atoms with Crippen molar-refractivity contribution in [1.82, 2.24) is 29.9 Å². The maximum Gasteiger partial charge on any atom is 0.320 e. The van der Waals surface area contributed by atoms with Gasteiger partial charge in [-0.05, 0) is 60.8 Å². The fourth-order valence-electron chi connectivity index (χ4n) is 6.51. The number of aliphatic hydroxyl groups excluding tert-OH is 1. The summed E-state index contributed by atoms with van der Waals surface area (Å²) in [5, 5.41) is 24.0. The lowest BCUT2D eigenvalue weighted by molar-refractivity contribution is 0.0779. The molecule has 47 heavy (non-hydrogen) atoms. The topological polar surface area (TPSA) is 144 Å². The number of nitrogens with one attached hydrogen (secondary N) is 2. The van der Waals surface area contributed by atoms with Gasteiger partial charge in [0.05, 0.1) is 17.9 Å². The first-order valence-electron chi connectivity index (χ1n) is 16.5. The van der Waals surface area contributed by atoms with E-state index in [1.54, 1.807) is 6.07 Å². The Hall–Kier alpha value is -4.38. The quantitative estimate of drug-likeness (QED) is 0.186. The third kappa shape index (κ3) is 7.15. The highest BCUT2D eigenvalue weighted by molar-refractivity contribution is 5.94. The lowest BCUT2D eigenvalue weighted by Gasteiger charge is -2.33. The maximum atomic E-state index is 13.4. The van der Waals surface area contributed by atoms with E-state index in [9.17, 15) is 14.7 Å². The molecule has 1 saturated carbocycles. The smallest absolute Gasteiger partial charge is 0.320 e. The monoisotopic (exact) mass is 639 g/mol. The van der Waals surface area contributed by atoms with Crippen LogP contribution in [0.5, 0.6) is 5.75 Å². The van der Waals surface area contributed by atoms with Gasteiger partial charge in [-0.2, -0.15) is 0 Å². The van der Waals surface area contributed by atoms with Crippen LogP contribution >= 0.6 is 0 Å². The van der Waals surface area contributed by atoms with Crippen LogP contribution in [-0.4, -0.2) is 48.1 Å². The molecule has 6 rings (SSSR count). The minimum absolute atomic E-state index is 0.113. The van der Waals surface area contributed by atoms with Gasteiger partial charge in [0, 0.05) is 29.9 Å². The fourth-order valence-corrected chi connectivity index (χ4v) is 6.51. The Kier molecular flexibility index (Phi) is 8.78. The standard InChI is InChI=1S/C36H45N7O4/c1-35(2,3)29-18-30(39-32(38-29)27(45)17-21-15-22(16-21)20-44)40-34(46)37-26-12-13-28(25-10-8-7-9-24(25)26)47-23-11-14-31-41-42-33(36(4,5)6)43(31)19-23/h7-11,14,18-19,21-22,26,28,44H,12-13,15-17,20H2,1-6H3,(H2,37,38,39,40,46)/t21?,22?,26-,28+/m0/s1. The predicted molar refractivity (Wildman–Crippen MR) is 179 cm³/mol. The number of Topliss-reactive ketones (excluding diaryl/α,β-unsaturated/α-hetero) is 1. The van der Waals surface area contributed by atoms with Gasteiger partial charge in [0.15, 0.2) is 17.3 Å². The summed E-state index contributed by atoms with van der Waals surface area (Å²) in [7, 11) is 0. The van der Waals surface area contributed by atoms with Crippen LogP contribution in [0, 0.1) is 11.8 Å². The van der Waals surface area contributed by atoms with E-state index in [1.165, 1.54) is 0 Å². The molecular weight excluding hydrogens is 594 g/mol. The van der Waals surface area contributed by atoms with E-state index in [0.717, 1.165) is 41.2 Å². The average molecular weight is 640 g/mol. The van der Waals surface area contributed by atoms with Gasteiger partial charge in [0.2, 0.25) is 0 Å². The van der Waals surface area contributed by atoms with E-state index < -0.39 is 6.03 Å². The Labute approximate surface area is 275 Å². The number of amides is 2. The first-order chi connectivity index (χ1) is 22.3. The molecule has 1 fully saturated rings. The van der Waals surface area contributed by atoms with Crippen LogP contribution in [0.1, 0.15) is 119 Å². The number of ketones is 1. The zero-order chi connectivity index (χ0) is 33.5. The minimum atomic E-state index is -0.404. The molecule has 2 atom stereocenters. The van der Waals surface area contributed by atoms with Crippen LogP contribution in [0.15, 0.2) is 48.7 Å². The number of nitrogens with zero attached hydrogens (tertiary/aromatic N) is 5.